The summed E-state index contributed by atoms with van der Waals surface area (Å²) in [6, 6.07) is 12.0. The van der Waals surface area contributed by atoms with Gasteiger partial charge in [-0.2, -0.15) is 0 Å². The normalized spacial score (nSPS) is 17.0. The molecule has 0 saturated heterocycles. The van der Waals surface area contributed by atoms with Crippen LogP contribution in [0, 0.1) is 0 Å². The number of benzene rings is 1. The summed E-state index contributed by atoms with van der Waals surface area (Å²) in [5.74, 6) is -0.0346. The number of pyridine rings is 1. The zero-order valence-electron chi connectivity index (χ0n) is 13.4. The highest BCUT2D eigenvalue weighted by Crippen LogP contribution is 2.30. The number of fused-ring (bicyclic) bond motifs is 2. The van der Waals surface area contributed by atoms with Gasteiger partial charge in [0.15, 0.2) is 0 Å². The van der Waals surface area contributed by atoms with Crippen molar-refractivity contribution in [3.05, 3.63) is 63.9 Å². The van der Waals surface area contributed by atoms with Gasteiger partial charge in [-0.3, -0.25) is 9.59 Å². The topological polar surface area (TPSA) is 42.3 Å². The fraction of sp³-hybridized carbons (Fsp3) is 0.263. The predicted molar refractivity (Wildman–Crippen MR) is 97.8 cm³/mol. The molecule has 1 aromatic carbocycles. The Morgan fingerprint density at radius 3 is 2.96 bits per heavy atom. The van der Waals surface area contributed by atoms with E-state index in [1.165, 1.54) is 21.5 Å². The Hall–Kier alpha value is -2.40. The van der Waals surface area contributed by atoms with E-state index in [2.05, 4.69) is 13.0 Å². The van der Waals surface area contributed by atoms with Crippen LogP contribution in [0.2, 0.25) is 0 Å². The fourth-order valence-corrected chi connectivity index (χ4v) is 4.25. The zero-order valence-corrected chi connectivity index (χ0v) is 14.3. The molecule has 24 heavy (non-hydrogen) atoms. The number of aromatic nitrogens is 1. The van der Waals surface area contributed by atoms with Crippen LogP contribution in [-0.4, -0.2) is 16.5 Å². The summed E-state index contributed by atoms with van der Waals surface area (Å²) in [5.41, 5.74) is 2.09. The third kappa shape index (κ3) is 2.45. The number of rotatable bonds is 2. The Bertz CT molecular complexity index is 973. The summed E-state index contributed by atoms with van der Waals surface area (Å²) in [5, 5.41) is 2.84. The first kappa shape index (κ1) is 15.1. The van der Waals surface area contributed by atoms with Crippen LogP contribution in [0.5, 0.6) is 0 Å². The summed E-state index contributed by atoms with van der Waals surface area (Å²) in [6.45, 7) is 2.14. The SMILES string of the molecule is CC1CCc2ccccc2N1C(=O)Cn1ccc2ccsc2c1=O. The second-order valence-electron chi connectivity index (χ2n) is 6.23. The van der Waals surface area contributed by atoms with Gasteiger partial charge >= 0.3 is 0 Å². The van der Waals surface area contributed by atoms with E-state index in [0.29, 0.717) is 4.70 Å². The lowest BCUT2D eigenvalue weighted by Crippen LogP contribution is -2.44. The van der Waals surface area contributed by atoms with Crippen molar-refractivity contribution in [2.24, 2.45) is 0 Å². The maximum Gasteiger partial charge on any atom is 0.268 e. The molecule has 5 heteroatoms. The summed E-state index contributed by atoms with van der Waals surface area (Å²) >= 11 is 1.42. The van der Waals surface area contributed by atoms with E-state index < -0.39 is 0 Å². The Morgan fingerprint density at radius 2 is 2.08 bits per heavy atom. The number of carbonyl (C=O) groups excluding carboxylic acids is 1. The quantitative estimate of drug-likeness (QED) is 0.718. The Balaban J connectivity index is 1.68. The Kier molecular flexibility index (Phi) is 3.73. The number of hydrogen-bond acceptors (Lipinski definition) is 3. The fourth-order valence-electron chi connectivity index (χ4n) is 3.41. The number of para-hydroxylation sites is 1. The highest BCUT2D eigenvalue weighted by Gasteiger charge is 2.28. The van der Waals surface area contributed by atoms with Crippen LogP contribution in [0.15, 0.2) is 52.8 Å². The van der Waals surface area contributed by atoms with E-state index in [0.717, 1.165) is 23.9 Å². The van der Waals surface area contributed by atoms with Crippen molar-refractivity contribution in [2.45, 2.75) is 32.4 Å². The van der Waals surface area contributed by atoms with Gasteiger partial charge in [0.1, 0.15) is 6.54 Å². The lowest BCUT2D eigenvalue weighted by molar-refractivity contribution is -0.119. The van der Waals surface area contributed by atoms with Gasteiger partial charge < -0.3 is 9.47 Å². The molecule has 0 spiro atoms. The molecule has 3 aromatic rings. The molecule has 1 aliphatic heterocycles. The van der Waals surface area contributed by atoms with Crippen LogP contribution in [0.25, 0.3) is 10.1 Å². The molecule has 1 unspecified atom stereocenters. The average molecular weight is 338 g/mol. The van der Waals surface area contributed by atoms with Gasteiger partial charge in [0.2, 0.25) is 5.91 Å². The minimum absolute atomic E-state index is 0.0346. The lowest BCUT2D eigenvalue weighted by Gasteiger charge is -2.35. The van der Waals surface area contributed by atoms with Crippen LogP contribution in [0.4, 0.5) is 5.69 Å². The van der Waals surface area contributed by atoms with Crippen LogP contribution < -0.4 is 10.5 Å². The summed E-state index contributed by atoms with van der Waals surface area (Å²) < 4.78 is 2.22. The number of amides is 1. The molecule has 0 N–H and O–H groups in total. The second-order valence-corrected chi connectivity index (χ2v) is 7.15. The molecule has 1 atom stereocenters. The molecular formula is C19H18N2O2S. The molecule has 2 aromatic heterocycles. The van der Waals surface area contributed by atoms with Crippen LogP contribution >= 0.6 is 11.3 Å². The highest BCUT2D eigenvalue weighted by molar-refractivity contribution is 7.17. The standard InChI is InChI=1S/C19H18N2O2S/c1-13-6-7-14-4-2-3-5-16(14)21(13)17(22)12-20-10-8-15-9-11-24-18(15)19(20)23/h2-5,8-11,13H,6-7,12H2,1H3. The van der Waals surface area contributed by atoms with Crippen LogP contribution in [-0.2, 0) is 17.8 Å². The van der Waals surface area contributed by atoms with Crippen LogP contribution in [0.1, 0.15) is 18.9 Å². The van der Waals surface area contributed by atoms with E-state index in [1.54, 1.807) is 6.20 Å². The number of anilines is 1. The van der Waals surface area contributed by atoms with Crippen LogP contribution in [0.3, 0.4) is 0 Å². The number of nitrogens with zero attached hydrogens (tertiary/aromatic N) is 2. The van der Waals surface area contributed by atoms with Gasteiger partial charge in [0, 0.05) is 17.9 Å². The number of aryl methyl sites for hydroxylation is 1. The Morgan fingerprint density at radius 1 is 1.25 bits per heavy atom. The van der Waals surface area contributed by atoms with E-state index in [1.807, 2.05) is 40.6 Å². The Labute approximate surface area is 144 Å². The van der Waals surface area contributed by atoms with Crippen molar-refractivity contribution in [2.75, 3.05) is 4.90 Å². The molecule has 0 aliphatic carbocycles. The molecule has 1 aliphatic rings. The third-order valence-electron chi connectivity index (χ3n) is 4.68. The van der Waals surface area contributed by atoms with Crippen molar-refractivity contribution >= 4 is 33.0 Å². The molecule has 3 heterocycles. The maximum atomic E-state index is 12.9. The highest BCUT2D eigenvalue weighted by atomic mass is 32.1. The third-order valence-corrected chi connectivity index (χ3v) is 5.60. The van der Waals surface area contributed by atoms with E-state index >= 15 is 0 Å². The van der Waals surface area contributed by atoms with Crippen molar-refractivity contribution in [3.63, 3.8) is 0 Å². The van der Waals surface area contributed by atoms with Crippen molar-refractivity contribution in [1.82, 2.24) is 4.57 Å². The molecule has 0 bridgehead atoms. The second kappa shape index (κ2) is 5.91. The molecule has 0 fully saturated rings. The lowest BCUT2D eigenvalue weighted by atomic mass is 9.96. The van der Waals surface area contributed by atoms with Crippen molar-refractivity contribution < 1.29 is 4.79 Å². The zero-order chi connectivity index (χ0) is 16.7. The maximum absolute atomic E-state index is 12.9. The number of carbonyl (C=O) groups is 1. The summed E-state index contributed by atoms with van der Waals surface area (Å²) in [4.78, 5) is 27.3. The molecule has 4 nitrogen and oxygen atoms in total. The number of thiophene rings is 1. The molecule has 0 radical (unpaired) electrons. The van der Waals surface area contributed by atoms with E-state index in [9.17, 15) is 9.59 Å². The first-order valence-electron chi connectivity index (χ1n) is 8.12. The monoisotopic (exact) mass is 338 g/mol. The average Bonchev–Trinajstić information content (AvgIpc) is 3.06. The number of hydrogen-bond donors (Lipinski definition) is 0. The molecule has 4 rings (SSSR count). The van der Waals surface area contributed by atoms with Gasteiger partial charge in [0.25, 0.3) is 5.56 Å². The van der Waals surface area contributed by atoms with E-state index in [4.69, 9.17) is 0 Å². The minimum atomic E-state index is -0.0891. The van der Waals surface area contributed by atoms with Crippen molar-refractivity contribution in [1.29, 1.82) is 0 Å². The molecule has 1 amide bonds. The minimum Gasteiger partial charge on any atom is -0.308 e. The van der Waals surface area contributed by atoms with Gasteiger partial charge in [-0.05, 0) is 54.3 Å². The molecule has 122 valence electrons. The largest absolute Gasteiger partial charge is 0.308 e. The van der Waals surface area contributed by atoms with Gasteiger partial charge in [-0.25, -0.2) is 0 Å². The predicted octanol–water partition coefficient (Wildman–Crippen LogP) is 3.43. The first-order chi connectivity index (χ1) is 11.6. The molecular weight excluding hydrogens is 320 g/mol. The van der Waals surface area contributed by atoms with Gasteiger partial charge in [0.05, 0.1) is 4.70 Å². The van der Waals surface area contributed by atoms with E-state index in [-0.39, 0.29) is 24.1 Å². The summed E-state index contributed by atoms with van der Waals surface area (Å²) in [6.07, 6.45) is 3.65. The van der Waals surface area contributed by atoms with Crippen molar-refractivity contribution in [3.8, 4) is 0 Å². The summed E-state index contributed by atoms with van der Waals surface area (Å²) in [7, 11) is 0. The van der Waals surface area contributed by atoms with Gasteiger partial charge in [-0.15, -0.1) is 11.3 Å². The first-order valence-corrected chi connectivity index (χ1v) is 9.00. The van der Waals surface area contributed by atoms with Gasteiger partial charge in [-0.1, -0.05) is 18.2 Å². The molecule has 0 saturated carbocycles. The smallest absolute Gasteiger partial charge is 0.268 e.